The molecule has 27 heavy (non-hydrogen) atoms. The van der Waals surface area contributed by atoms with Gasteiger partial charge in [-0.25, -0.2) is 4.79 Å². The first-order valence-electron chi connectivity index (χ1n) is 9.76. The summed E-state index contributed by atoms with van der Waals surface area (Å²) in [5, 5.41) is 0. The maximum absolute atomic E-state index is 12.9. The predicted molar refractivity (Wildman–Crippen MR) is 112 cm³/mol. The van der Waals surface area contributed by atoms with E-state index < -0.39 is 0 Å². The molecule has 2 aromatic carbocycles. The van der Waals surface area contributed by atoms with E-state index in [1.165, 1.54) is 6.42 Å². The van der Waals surface area contributed by atoms with Gasteiger partial charge in [0.05, 0.1) is 19.3 Å². The molecule has 0 aromatic heterocycles. The summed E-state index contributed by atoms with van der Waals surface area (Å²) < 4.78 is 10.9. The number of unbranched alkanes of at least 4 members (excludes halogenated alkanes) is 1. The second-order valence-corrected chi connectivity index (χ2v) is 6.71. The van der Waals surface area contributed by atoms with Crippen LogP contribution in [0.1, 0.15) is 50.7 Å². The van der Waals surface area contributed by atoms with Crippen molar-refractivity contribution >= 4 is 17.6 Å². The van der Waals surface area contributed by atoms with Crippen LogP contribution in [0.15, 0.2) is 54.6 Å². The van der Waals surface area contributed by atoms with Gasteiger partial charge in [-0.3, -0.25) is 0 Å². The van der Waals surface area contributed by atoms with Crippen LogP contribution in [0.2, 0.25) is 0 Å². The van der Waals surface area contributed by atoms with Crippen molar-refractivity contribution in [3.8, 4) is 5.75 Å². The molecule has 2 aromatic rings. The lowest BCUT2D eigenvalue weighted by atomic mass is 10.00. The minimum absolute atomic E-state index is 0.279. The van der Waals surface area contributed by atoms with Crippen LogP contribution in [0.4, 0.5) is 0 Å². The number of esters is 1. The molecule has 144 valence electrons. The number of hydrogen-bond donors (Lipinski definition) is 0. The number of rotatable bonds is 10. The molecule has 0 bridgehead atoms. The summed E-state index contributed by atoms with van der Waals surface area (Å²) in [6, 6.07) is 17.3. The van der Waals surface area contributed by atoms with E-state index in [9.17, 15) is 4.79 Å². The van der Waals surface area contributed by atoms with Crippen molar-refractivity contribution in [3.63, 3.8) is 0 Å². The molecule has 0 aliphatic rings. The van der Waals surface area contributed by atoms with E-state index in [1.807, 2.05) is 60.7 Å². The number of carbonyl (C=O) groups excluding carboxylic acids is 1. The zero-order chi connectivity index (χ0) is 19.5. The average Bonchev–Trinajstić information content (AvgIpc) is 2.73. The van der Waals surface area contributed by atoms with Gasteiger partial charge in [-0.05, 0) is 41.7 Å². The SMILES string of the molecule is CCCCC(CC)COC(=O)C(=Cc1ccccc1)c1ccc(OC)cc1. The maximum atomic E-state index is 12.9. The van der Waals surface area contributed by atoms with Crippen molar-refractivity contribution < 1.29 is 14.3 Å². The molecule has 2 rings (SSSR count). The van der Waals surface area contributed by atoms with Gasteiger partial charge in [-0.1, -0.05) is 75.6 Å². The van der Waals surface area contributed by atoms with Crippen LogP contribution in [0.5, 0.6) is 5.75 Å². The summed E-state index contributed by atoms with van der Waals surface area (Å²) in [6.45, 7) is 4.80. The average molecular weight is 367 g/mol. The fraction of sp³-hybridized carbons (Fsp3) is 0.375. The largest absolute Gasteiger partial charge is 0.497 e. The van der Waals surface area contributed by atoms with Gasteiger partial charge >= 0.3 is 5.97 Å². The van der Waals surface area contributed by atoms with Crippen LogP contribution in [0.3, 0.4) is 0 Å². The molecule has 0 fully saturated rings. The van der Waals surface area contributed by atoms with Gasteiger partial charge in [0.1, 0.15) is 5.75 Å². The molecule has 0 heterocycles. The Hall–Kier alpha value is -2.55. The monoisotopic (exact) mass is 366 g/mol. The standard InChI is InChI=1S/C24H30O3/c1-4-6-10-19(5-2)18-27-24(25)23(17-20-11-8-7-9-12-20)21-13-15-22(26-3)16-14-21/h7-9,11-17,19H,4-6,10,18H2,1-3H3. The quantitative estimate of drug-likeness (QED) is 0.294. The van der Waals surface area contributed by atoms with Gasteiger partial charge in [0.2, 0.25) is 0 Å². The normalized spacial score (nSPS) is 12.5. The van der Waals surface area contributed by atoms with E-state index in [0.29, 0.717) is 18.1 Å². The van der Waals surface area contributed by atoms with Gasteiger partial charge in [0.15, 0.2) is 0 Å². The highest BCUT2D eigenvalue weighted by Crippen LogP contribution is 2.23. The maximum Gasteiger partial charge on any atom is 0.338 e. The smallest absolute Gasteiger partial charge is 0.338 e. The Kier molecular flexibility index (Phi) is 8.63. The molecule has 1 unspecified atom stereocenters. The Balaban J connectivity index is 2.20. The van der Waals surface area contributed by atoms with E-state index in [1.54, 1.807) is 7.11 Å². The van der Waals surface area contributed by atoms with Crippen LogP contribution >= 0.6 is 0 Å². The third-order valence-electron chi connectivity index (χ3n) is 4.72. The lowest BCUT2D eigenvalue weighted by Crippen LogP contribution is -2.15. The van der Waals surface area contributed by atoms with E-state index in [2.05, 4.69) is 13.8 Å². The van der Waals surface area contributed by atoms with Gasteiger partial charge < -0.3 is 9.47 Å². The lowest BCUT2D eigenvalue weighted by Gasteiger charge is -2.16. The zero-order valence-corrected chi connectivity index (χ0v) is 16.6. The first-order chi connectivity index (χ1) is 13.2. The highest BCUT2D eigenvalue weighted by molar-refractivity contribution is 6.21. The molecule has 0 amide bonds. The predicted octanol–water partition coefficient (Wildman–Crippen LogP) is 6.00. The van der Waals surface area contributed by atoms with Crippen molar-refractivity contribution in [2.75, 3.05) is 13.7 Å². The van der Waals surface area contributed by atoms with E-state index >= 15 is 0 Å². The van der Waals surface area contributed by atoms with E-state index in [0.717, 1.165) is 36.1 Å². The molecule has 0 N–H and O–H groups in total. The second kappa shape index (κ2) is 11.2. The first-order valence-corrected chi connectivity index (χ1v) is 9.76. The van der Waals surface area contributed by atoms with Crippen molar-refractivity contribution in [1.29, 1.82) is 0 Å². The molecule has 0 aliphatic heterocycles. The number of benzene rings is 2. The Morgan fingerprint density at radius 1 is 1.04 bits per heavy atom. The molecule has 3 heteroatoms. The van der Waals surface area contributed by atoms with Gasteiger partial charge in [-0.2, -0.15) is 0 Å². The van der Waals surface area contributed by atoms with Crippen molar-refractivity contribution in [3.05, 3.63) is 65.7 Å². The third-order valence-corrected chi connectivity index (χ3v) is 4.72. The summed E-state index contributed by atoms with van der Waals surface area (Å²) in [5.41, 5.74) is 2.36. The number of hydrogen-bond acceptors (Lipinski definition) is 3. The van der Waals surface area contributed by atoms with Crippen LogP contribution in [0, 0.1) is 5.92 Å². The van der Waals surface area contributed by atoms with Gasteiger partial charge in [0.25, 0.3) is 0 Å². The number of methoxy groups -OCH3 is 1. The minimum atomic E-state index is -0.279. The number of carbonyl (C=O) groups is 1. The Bertz CT molecular complexity index is 717. The Labute approximate surface area is 163 Å². The summed E-state index contributed by atoms with van der Waals surface area (Å²) in [6.07, 6.45) is 6.34. The van der Waals surface area contributed by atoms with E-state index in [4.69, 9.17) is 9.47 Å². The van der Waals surface area contributed by atoms with Crippen LogP contribution < -0.4 is 4.74 Å². The minimum Gasteiger partial charge on any atom is -0.497 e. The van der Waals surface area contributed by atoms with Crippen molar-refractivity contribution in [2.24, 2.45) is 5.92 Å². The Morgan fingerprint density at radius 3 is 2.33 bits per heavy atom. The number of ether oxygens (including phenoxy) is 2. The summed E-state index contributed by atoms with van der Waals surface area (Å²) in [5.74, 6) is 0.901. The topological polar surface area (TPSA) is 35.5 Å². The van der Waals surface area contributed by atoms with Crippen LogP contribution in [0.25, 0.3) is 11.6 Å². The third kappa shape index (κ3) is 6.59. The summed E-state index contributed by atoms with van der Waals surface area (Å²) in [4.78, 5) is 12.9. The van der Waals surface area contributed by atoms with Crippen molar-refractivity contribution in [1.82, 2.24) is 0 Å². The first kappa shape index (κ1) is 20.8. The van der Waals surface area contributed by atoms with E-state index in [-0.39, 0.29) is 5.97 Å². The molecule has 0 spiro atoms. The molecular weight excluding hydrogens is 336 g/mol. The highest BCUT2D eigenvalue weighted by Gasteiger charge is 2.16. The van der Waals surface area contributed by atoms with Crippen LogP contribution in [-0.2, 0) is 9.53 Å². The van der Waals surface area contributed by atoms with Crippen molar-refractivity contribution in [2.45, 2.75) is 39.5 Å². The molecule has 0 radical (unpaired) electrons. The lowest BCUT2D eigenvalue weighted by molar-refractivity contribution is -0.138. The molecule has 0 saturated carbocycles. The van der Waals surface area contributed by atoms with Crippen LogP contribution in [-0.4, -0.2) is 19.7 Å². The van der Waals surface area contributed by atoms with Gasteiger partial charge in [-0.15, -0.1) is 0 Å². The molecular formula is C24H30O3. The highest BCUT2D eigenvalue weighted by atomic mass is 16.5. The zero-order valence-electron chi connectivity index (χ0n) is 16.6. The Morgan fingerprint density at radius 2 is 1.74 bits per heavy atom. The molecule has 0 saturated heterocycles. The fourth-order valence-corrected chi connectivity index (χ4v) is 2.92. The summed E-state index contributed by atoms with van der Waals surface area (Å²) >= 11 is 0. The fourth-order valence-electron chi connectivity index (χ4n) is 2.92. The molecule has 3 nitrogen and oxygen atoms in total. The summed E-state index contributed by atoms with van der Waals surface area (Å²) in [7, 11) is 1.63. The van der Waals surface area contributed by atoms with Gasteiger partial charge in [0, 0.05) is 0 Å². The molecule has 1 atom stereocenters. The second-order valence-electron chi connectivity index (χ2n) is 6.71. The molecule has 0 aliphatic carbocycles.